The molecule has 0 aliphatic rings. The van der Waals surface area contributed by atoms with Crippen LogP contribution in [0.5, 0.6) is 0 Å². The first-order valence-corrected chi connectivity index (χ1v) is 4.44. The molecule has 1 amide bonds. The molecule has 70 valence electrons. The van der Waals surface area contributed by atoms with Crippen molar-refractivity contribution in [1.82, 2.24) is 0 Å². The van der Waals surface area contributed by atoms with E-state index in [0.29, 0.717) is 4.86 Å². The van der Waals surface area contributed by atoms with Crippen LogP contribution in [0, 0.1) is 11.3 Å². The smallest absolute Gasteiger partial charge is 0.225 e. The summed E-state index contributed by atoms with van der Waals surface area (Å²) in [6.45, 7) is 7.99. The van der Waals surface area contributed by atoms with Gasteiger partial charge in [0.1, 0.15) is 0 Å². The molecule has 0 aromatic heterocycles. The van der Waals surface area contributed by atoms with Gasteiger partial charge in [-0.3, -0.25) is 4.79 Å². The van der Waals surface area contributed by atoms with Crippen molar-refractivity contribution in [3.05, 3.63) is 0 Å². The number of carbonyl (C=O) groups excluding carboxylic acids is 1. The van der Waals surface area contributed by atoms with E-state index in [1.807, 2.05) is 0 Å². The first-order valence-electron chi connectivity index (χ1n) is 4.04. The lowest BCUT2D eigenvalue weighted by Crippen LogP contribution is -2.31. The van der Waals surface area contributed by atoms with Crippen LogP contribution < -0.4 is 5.73 Å². The van der Waals surface area contributed by atoms with E-state index in [2.05, 4.69) is 20.8 Å². The molecule has 0 aliphatic carbocycles. The second kappa shape index (κ2) is 3.99. The molecule has 0 heterocycles. The van der Waals surface area contributed by atoms with Gasteiger partial charge in [0.25, 0.3) is 0 Å². The Morgan fingerprint density at radius 2 is 1.92 bits per heavy atom. The van der Waals surface area contributed by atoms with Crippen molar-refractivity contribution in [2.75, 3.05) is 0 Å². The third kappa shape index (κ3) is 4.44. The molecular formula is C9H17NOS. The molecule has 0 rings (SSSR count). The highest BCUT2D eigenvalue weighted by Gasteiger charge is 2.24. The largest absolute Gasteiger partial charge is 0.369 e. The third-order valence-corrected chi connectivity index (χ3v) is 1.94. The van der Waals surface area contributed by atoms with Crippen LogP contribution in [0.4, 0.5) is 0 Å². The first kappa shape index (κ1) is 11.6. The molecule has 0 radical (unpaired) electrons. The van der Waals surface area contributed by atoms with E-state index < -0.39 is 0 Å². The van der Waals surface area contributed by atoms with Crippen molar-refractivity contribution < 1.29 is 4.79 Å². The molecule has 0 bridgehead atoms. The highest BCUT2D eigenvalue weighted by Crippen LogP contribution is 2.25. The van der Waals surface area contributed by atoms with Crippen LogP contribution >= 0.6 is 12.2 Å². The summed E-state index contributed by atoms with van der Waals surface area (Å²) in [4.78, 5) is 11.6. The summed E-state index contributed by atoms with van der Waals surface area (Å²) in [6.07, 6.45) is 0.734. The van der Waals surface area contributed by atoms with Crippen molar-refractivity contribution in [3.8, 4) is 0 Å². The van der Waals surface area contributed by atoms with E-state index >= 15 is 0 Å². The average molecular weight is 187 g/mol. The maximum absolute atomic E-state index is 11.0. The van der Waals surface area contributed by atoms with Crippen LogP contribution in [0.25, 0.3) is 0 Å². The lowest BCUT2D eigenvalue weighted by atomic mass is 9.83. The van der Waals surface area contributed by atoms with Crippen molar-refractivity contribution >= 4 is 23.0 Å². The zero-order chi connectivity index (χ0) is 9.94. The molecule has 0 spiro atoms. The topological polar surface area (TPSA) is 43.1 Å². The summed E-state index contributed by atoms with van der Waals surface area (Å²) < 4.78 is 0. The quantitative estimate of drug-likeness (QED) is 0.686. The summed E-state index contributed by atoms with van der Waals surface area (Å²) in [6, 6.07) is 0. The molecule has 0 saturated heterocycles. The number of hydrogen-bond acceptors (Lipinski definition) is 2. The van der Waals surface area contributed by atoms with Gasteiger partial charge in [-0.2, -0.15) is 0 Å². The van der Waals surface area contributed by atoms with Gasteiger partial charge in [-0.1, -0.05) is 33.0 Å². The van der Waals surface area contributed by atoms with Gasteiger partial charge in [0.15, 0.2) is 0 Å². The van der Waals surface area contributed by atoms with Gasteiger partial charge in [-0.25, -0.2) is 0 Å². The normalized spacial score (nSPS) is 14.0. The maximum Gasteiger partial charge on any atom is 0.225 e. The molecule has 1 unspecified atom stereocenters. The van der Waals surface area contributed by atoms with Crippen LogP contribution in [0.1, 0.15) is 34.1 Å². The average Bonchev–Trinajstić information content (AvgIpc) is 1.79. The van der Waals surface area contributed by atoms with E-state index in [9.17, 15) is 4.79 Å². The minimum absolute atomic E-state index is 0.0970. The Hall–Kier alpha value is -0.440. The summed E-state index contributed by atoms with van der Waals surface area (Å²) in [5.74, 6) is -0.558. The van der Waals surface area contributed by atoms with Gasteiger partial charge in [0, 0.05) is 4.86 Å². The van der Waals surface area contributed by atoms with Crippen LogP contribution in [-0.2, 0) is 4.79 Å². The van der Waals surface area contributed by atoms with Crippen molar-refractivity contribution in [1.29, 1.82) is 0 Å². The third-order valence-electron chi connectivity index (χ3n) is 1.65. The van der Waals surface area contributed by atoms with E-state index in [4.69, 9.17) is 18.0 Å². The van der Waals surface area contributed by atoms with Gasteiger partial charge in [-0.05, 0) is 18.8 Å². The minimum atomic E-state index is -0.308. The van der Waals surface area contributed by atoms with Crippen LogP contribution in [0.15, 0.2) is 0 Å². The molecule has 2 N–H and O–H groups in total. The van der Waals surface area contributed by atoms with Gasteiger partial charge in [0.2, 0.25) is 5.91 Å². The zero-order valence-electron chi connectivity index (χ0n) is 8.18. The van der Waals surface area contributed by atoms with Crippen LogP contribution in [-0.4, -0.2) is 10.8 Å². The monoisotopic (exact) mass is 187 g/mol. The molecule has 2 nitrogen and oxygen atoms in total. The highest BCUT2D eigenvalue weighted by atomic mass is 32.1. The van der Waals surface area contributed by atoms with E-state index in [0.717, 1.165) is 6.42 Å². The Morgan fingerprint density at radius 1 is 1.50 bits per heavy atom. The highest BCUT2D eigenvalue weighted by molar-refractivity contribution is 7.80. The summed E-state index contributed by atoms with van der Waals surface area (Å²) in [5, 5.41) is 0. The van der Waals surface area contributed by atoms with Gasteiger partial charge >= 0.3 is 0 Å². The molecule has 1 atom stereocenters. The minimum Gasteiger partial charge on any atom is -0.369 e. The van der Waals surface area contributed by atoms with E-state index in [1.54, 1.807) is 6.92 Å². The summed E-state index contributed by atoms with van der Waals surface area (Å²) >= 11 is 4.96. The molecule has 3 heteroatoms. The predicted octanol–water partition coefficient (Wildman–Crippen LogP) is 1.91. The Morgan fingerprint density at radius 3 is 2.00 bits per heavy atom. The maximum atomic E-state index is 11.0. The van der Waals surface area contributed by atoms with E-state index in [1.165, 1.54) is 0 Å². The lowest BCUT2D eigenvalue weighted by Gasteiger charge is -2.23. The molecular weight excluding hydrogens is 170 g/mol. The first-order chi connectivity index (χ1) is 5.24. The number of thiocarbonyl (C=S) groups is 1. The molecule has 0 fully saturated rings. The second-order valence-electron chi connectivity index (χ2n) is 4.33. The second-order valence-corrected chi connectivity index (χ2v) is 4.97. The standard InChI is InChI=1S/C9H17NOS/c1-6(12)7(8(10)11)5-9(2,3)4/h7H,5H2,1-4H3,(H2,10,11). The SMILES string of the molecule is CC(=S)C(CC(C)(C)C)C(N)=O. The summed E-state index contributed by atoms with van der Waals surface area (Å²) in [7, 11) is 0. The van der Waals surface area contributed by atoms with Crippen LogP contribution in [0.3, 0.4) is 0 Å². The Labute approximate surface area is 79.5 Å². The number of rotatable bonds is 3. The van der Waals surface area contributed by atoms with Crippen LogP contribution in [0.2, 0.25) is 0 Å². The Kier molecular flexibility index (Phi) is 3.84. The number of amides is 1. The fourth-order valence-corrected chi connectivity index (χ4v) is 1.26. The van der Waals surface area contributed by atoms with Gasteiger partial charge < -0.3 is 5.73 Å². The van der Waals surface area contributed by atoms with Gasteiger partial charge in [-0.15, -0.1) is 0 Å². The Bertz CT molecular complexity index is 179. The molecule has 0 aromatic rings. The number of nitrogens with two attached hydrogens (primary N) is 1. The number of carbonyl (C=O) groups is 1. The number of primary amides is 1. The molecule has 12 heavy (non-hydrogen) atoms. The lowest BCUT2D eigenvalue weighted by molar-refractivity contribution is -0.120. The fourth-order valence-electron chi connectivity index (χ4n) is 1.06. The van der Waals surface area contributed by atoms with Crippen molar-refractivity contribution in [3.63, 3.8) is 0 Å². The molecule has 0 aromatic carbocycles. The summed E-state index contributed by atoms with van der Waals surface area (Å²) in [5.41, 5.74) is 5.32. The fraction of sp³-hybridized carbons (Fsp3) is 0.778. The van der Waals surface area contributed by atoms with Crippen molar-refractivity contribution in [2.45, 2.75) is 34.1 Å². The zero-order valence-corrected chi connectivity index (χ0v) is 8.99. The predicted molar refractivity (Wildman–Crippen MR) is 55.0 cm³/mol. The molecule has 0 saturated carbocycles. The van der Waals surface area contributed by atoms with Crippen molar-refractivity contribution in [2.24, 2.45) is 17.1 Å². The van der Waals surface area contributed by atoms with E-state index in [-0.39, 0.29) is 17.2 Å². The Balaban J connectivity index is 4.35. The van der Waals surface area contributed by atoms with Gasteiger partial charge in [0.05, 0.1) is 5.92 Å². The molecule has 0 aliphatic heterocycles. The number of hydrogen-bond donors (Lipinski definition) is 1.